The van der Waals surface area contributed by atoms with Gasteiger partial charge in [0.05, 0.1) is 0 Å². The monoisotopic (exact) mass is 294 g/mol. The Bertz CT molecular complexity index is 279. The van der Waals surface area contributed by atoms with E-state index in [1.807, 2.05) is 0 Å². The highest BCUT2D eigenvalue weighted by Crippen LogP contribution is 2.38. The number of nitrogens with one attached hydrogen (secondary N) is 1. The van der Waals surface area contributed by atoms with Crippen molar-refractivity contribution in [2.24, 2.45) is 5.41 Å². The van der Waals surface area contributed by atoms with Gasteiger partial charge >= 0.3 is 0 Å². The molecule has 0 bridgehead atoms. The molecule has 0 aromatic heterocycles. The van der Waals surface area contributed by atoms with Crippen LogP contribution in [0.3, 0.4) is 0 Å². The Morgan fingerprint density at radius 2 is 1.86 bits per heavy atom. The van der Waals surface area contributed by atoms with Gasteiger partial charge in [-0.15, -0.1) is 0 Å². The number of piperidine rings is 1. The van der Waals surface area contributed by atoms with Crippen molar-refractivity contribution in [3.8, 4) is 0 Å². The number of nitrogens with zero attached hydrogens (tertiary/aromatic N) is 1. The molecule has 1 aliphatic carbocycles. The summed E-state index contributed by atoms with van der Waals surface area (Å²) in [4.78, 5) is 2.88. The smallest absolute Gasteiger partial charge is 0.00954 e. The summed E-state index contributed by atoms with van der Waals surface area (Å²) in [6.45, 7) is 10.9. The summed E-state index contributed by atoms with van der Waals surface area (Å²) in [5, 5.41) is 3.77. The molecule has 2 aliphatic rings. The van der Waals surface area contributed by atoms with E-state index in [1.165, 1.54) is 83.8 Å². The third kappa shape index (κ3) is 5.25. The van der Waals surface area contributed by atoms with Crippen LogP contribution in [0, 0.1) is 5.41 Å². The lowest BCUT2D eigenvalue weighted by Gasteiger charge is -2.46. The lowest BCUT2D eigenvalue weighted by Crippen LogP contribution is -2.51. The lowest BCUT2D eigenvalue weighted by molar-refractivity contribution is 0.0502. The topological polar surface area (TPSA) is 15.3 Å². The van der Waals surface area contributed by atoms with Gasteiger partial charge in [0, 0.05) is 25.2 Å². The third-order valence-electron chi connectivity index (χ3n) is 5.71. The predicted octanol–water partition coefficient (Wildman–Crippen LogP) is 4.59. The highest BCUT2D eigenvalue weighted by molar-refractivity contribution is 4.91. The Hall–Kier alpha value is -0.0800. The lowest BCUT2D eigenvalue weighted by atomic mass is 9.73. The van der Waals surface area contributed by atoms with Crippen molar-refractivity contribution in [1.82, 2.24) is 10.2 Å². The van der Waals surface area contributed by atoms with Gasteiger partial charge in [0.15, 0.2) is 0 Å². The van der Waals surface area contributed by atoms with Crippen LogP contribution >= 0.6 is 0 Å². The fourth-order valence-corrected chi connectivity index (χ4v) is 4.47. The minimum atomic E-state index is 0.561. The summed E-state index contributed by atoms with van der Waals surface area (Å²) >= 11 is 0. The van der Waals surface area contributed by atoms with Crippen LogP contribution in [0.1, 0.15) is 85.0 Å². The molecule has 1 heterocycles. The maximum atomic E-state index is 3.77. The molecule has 1 saturated carbocycles. The van der Waals surface area contributed by atoms with Crippen LogP contribution in [0.25, 0.3) is 0 Å². The summed E-state index contributed by atoms with van der Waals surface area (Å²) < 4.78 is 0. The molecule has 2 heteroatoms. The first-order chi connectivity index (χ1) is 10.2. The average Bonchev–Trinajstić information content (AvgIpc) is 2.49. The average molecular weight is 295 g/mol. The van der Waals surface area contributed by atoms with Crippen molar-refractivity contribution in [2.45, 2.75) is 97.1 Å². The standard InChI is InChI=1S/C19H38N2/c1-4-10-18-11-6-9-14-21(18)16-19(15-20-17(2)3)12-7-5-8-13-19/h17-18,20H,4-16H2,1-3H3. The van der Waals surface area contributed by atoms with E-state index in [4.69, 9.17) is 0 Å². The Balaban J connectivity index is 1.98. The highest BCUT2D eigenvalue weighted by atomic mass is 15.2. The molecule has 1 atom stereocenters. The Morgan fingerprint density at radius 3 is 2.52 bits per heavy atom. The largest absolute Gasteiger partial charge is 0.314 e. The molecule has 1 aliphatic heterocycles. The zero-order valence-electron chi connectivity index (χ0n) is 14.8. The van der Waals surface area contributed by atoms with Gasteiger partial charge in [-0.2, -0.15) is 0 Å². The molecule has 2 fully saturated rings. The van der Waals surface area contributed by atoms with Crippen molar-refractivity contribution < 1.29 is 0 Å². The molecule has 124 valence electrons. The van der Waals surface area contributed by atoms with Crippen LogP contribution in [-0.4, -0.2) is 36.6 Å². The van der Waals surface area contributed by atoms with Gasteiger partial charge in [-0.05, 0) is 44.1 Å². The maximum absolute atomic E-state index is 3.77. The second kappa shape index (κ2) is 8.53. The first-order valence-corrected chi connectivity index (χ1v) is 9.63. The van der Waals surface area contributed by atoms with Gasteiger partial charge in [0.2, 0.25) is 0 Å². The van der Waals surface area contributed by atoms with Crippen LogP contribution in [0.5, 0.6) is 0 Å². The van der Waals surface area contributed by atoms with Crippen molar-refractivity contribution in [2.75, 3.05) is 19.6 Å². The van der Waals surface area contributed by atoms with Crippen LogP contribution < -0.4 is 5.32 Å². The molecule has 2 rings (SSSR count). The molecule has 1 unspecified atom stereocenters. The van der Waals surface area contributed by atoms with E-state index >= 15 is 0 Å². The van der Waals surface area contributed by atoms with Crippen molar-refractivity contribution >= 4 is 0 Å². The minimum Gasteiger partial charge on any atom is -0.314 e. The molecule has 0 aromatic carbocycles. The maximum Gasteiger partial charge on any atom is 0.00954 e. The quantitative estimate of drug-likeness (QED) is 0.739. The molecular weight excluding hydrogens is 256 g/mol. The number of rotatable bonds is 7. The molecule has 21 heavy (non-hydrogen) atoms. The number of hydrogen-bond donors (Lipinski definition) is 1. The fraction of sp³-hybridized carbons (Fsp3) is 1.00. The number of hydrogen-bond acceptors (Lipinski definition) is 2. The third-order valence-corrected chi connectivity index (χ3v) is 5.71. The molecule has 2 nitrogen and oxygen atoms in total. The van der Waals surface area contributed by atoms with E-state index in [-0.39, 0.29) is 0 Å². The Labute approximate surface area is 133 Å². The van der Waals surface area contributed by atoms with E-state index in [2.05, 4.69) is 31.0 Å². The van der Waals surface area contributed by atoms with Crippen LogP contribution in [-0.2, 0) is 0 Å². The first kappa shape index (κ1) is 17.3. The fourth-order valence-electron chi connectivity index (χ4n) is 4.47. The van der Waals surface area contributed by atoms with Gasteiger partial charge in [0.1, 0.15) is 0 Å². The van der Waals surface area contributed by atoms with E-state index in [1.54, 1.807) is 0 Å². The molecule has 0 radical (unpaired) electrons. The van der Waals surface area contributed by atoms with Crippen LogP contribution in [0.2, 0.25) is 0 Å². The van der Waals surface area contributed by atoms with Crippen molar-refractivity contribution in [1.29, 1.82) is 0 Å². The van der Waals surface area contributed by atoms with Gasteiger partial charge in [-0.3, -0.25) is 4.90 Å². The highest BCUT2D eigenvalue weighted by Gasteiger charge is 2.36. The Kier molecular flexibility index (Phi) is 7.01. The van der Waals surface area contributed by atoms with Crippen molar-refractivity contribution in [3.05, 3.63) is 0 Å². The summed E-state index contributed by atoms with van der Waals surface area (Å²) in [7, 11) is 0. The van der Waals surface area contributed by atoms with Gasteiger partial charge in [-0.25, -0.2) is 0 Å². The SMILES string of the molecule is CCCC1CCCCN1CC1(CNC(C)C)CCCCC1. The van der Waals surface area contributed by atoms with Gasteiger partial charge < -0.3 is 5.32 Å². The molecular formula is C19H38N2. The first-order valence-electron chi connectivity index (χ1n) is 9.63. The van der Waals surface area contributed by atoms with E-state index in [0.717, 1.165) is 6.04 Å². The predicted molar refractivity (Wildman–Crippen MR) is 92.8 cm³/mol. The molecule has 1 N–H and O–H groups in total. The normalized spacial score (nSPS) is 27.1. The van der Waals surface area contributed by atoms with E-state index in [0.29, 0.717) is 11.5 Å². The molecule has 1 saturated heterocycles. The minimum absolute atomic E-state index is 0.561. The van der Waals surface area contributed by atoms with Crippen molar-refractivity contribution in [3.63, 3.8) is 0 Å². The van der Waals surface area contributed by atoms with Gasteiger partial charge in [-0.1, -0.05) is 52.9 Å². The van der Waals surface area contributed by atoms with Crippen LogP contribution in [0.4, 0.5) is 0 Å². The van der Waals surface area contributed by atoms with Gasteiger partial charge in [0.25, 0.3) is 0 Å². The van der Waals surface area contributed by atoms with E-state index < -0.39 is 0 Å². The summed E-state index contributed by atoms with van der Waals surface area (Å²) in [5.41, 5.74) is 0.561. The second-order valence-corrected chi connectivity index (χ2v) is 8.01. The van der Waals surface area contributed by atoms with E-state index in [9.17, 15) is 0 Å². The molecule has 0 aromatic rings. The Morgan fingerprint density at radius 1 is 1.10 bits per heavy atom. The summed E-state index contributed by atoms with van der Waals surface area (Å²) in [6.07, 6.45) is 14.3. The van der Waals surface area contributed by atoms with Crippen LogP contribution in [0.15, 0.2) is 0 Å². The summed E-state index contributed by atoms with van der Waals surface area (Å²) in [6, 6.07) is 1.50. The molecule has 0 spiro atoms. The zero-order valence-corrected chi connectivity index (χ0v) is 14.8. The summed E-state index contributed by atoms with van der Waals surface area (Å²) in [5.74, 6) is 0. The molecule has 0 amide bonds. The second-order valence-electron chi connectivity index (χ2n) is 8.01. The number of likely N-dealkylation sites (tertiary alicyclic amines) is 1. The zero-order chi connectivity index (χ0) is 15.1.